The average Bonchev–Trinajstić information content (AvgIpc) is 2.66. The van der Waals surface area contributed by atoms with Gasteiger partial charge in [-0.3, -0.25) is 9.59 Å². The van der Waals surface area contributed by atoms with Crippen molar-refractivity contribution in [3.05, 3.63) is 82.3 Å². The third-order valence-electron chi connectivity index (χ3n) is 3.27. The average molecular weight is 383 g/mol. The molecule has 0 bridgehead atoms. The summed E-state index contributed by atoms with van der Waals surface area (Å²) < 4.78 is 28.2. The van der Waals surface area contributed by atoms with E-state index in [4.69, 9.17) is 0 Å². The van der Waals surface area contributed by atoms with Crippen LogP contribution in [-0.2, 0) is 19.2 Å². The predicted octanol–water partition coefficient (Wildman–Crippen LogP) is 2.52. The zero-order valence-electron chi connectivity index (χ0n) is 14.7. The smallest absolute Gasteiger partial charge is 0.298 e. The lowest BCUT2D eigenvalue weighted by molar-refractivity contribution is -0.104. The standard InChI is InChI=1S/C20H17NO5S/c1-16(14-22)15-27(24,25)26-21(2)20(23)19-12-10-18(11-13-19)9-8-17-6-4-3-5-7-17/h3-7,10-15H,1-2H3/b16-15+. The largest absolute Gasteiger partial charge is 0.311 e. The van der Waals surface area contributed by atoms with Crippen molar-refractivity contribution in [2.75, 3.05) is 7.05 Å². The van der Waals surface area contributed by atoms with Gasteiger partial charge >= 0.3 is 10.1 Å². The lowest BCUT2D eigenvalue weighted by Gasteiger charge is -2.15. The van der Waals surface area contributed by atoms with Crippen LogP contribution in [0.15, 0.2) is 65.6 Å². The quantitative estimate of drug-likeness (QED) is 0.343. The Balaban J connectivity index is 2.09. The molecule has 27 heavy (non-hydrogen) atoms. The van der Waals surface area contributed by atoms with Crippen molar-refractivity contribution in [1.82, 2.24) is 5.06 Å². The molecule has 138 valence electrons. The predicted molar refractivity (Wildman–Crippen MR) is 101 cm³/mol. The van der Waals surface area contributed by atoms with E-state index in [0.29, 0.717) is 22.3 Å². The van der Waals surface area contributed by atoms with Gasteiger partial charge < -0.3 is 0 Å². The second kappa shape index (κ2) is 8.94. The van der Waals surface area contributed by atoms with E-state index in [-0.39, 0.29) is 11.1 Å². The fourth-order valence-corrected chi connectivity index (χ4v) is 2.94. The van der Waals surface area contributed by atoms with E-state index in [2.05, 4.69) is 16.1 Å². The topological polar surface area (TPSA) is 80.8 Å². The Kier molecular flexibility index (Phi) is 6.66. The van der Waals surface area contributed by atoms with E-state index in [9.17, 15) is 18.0 Å². The SMILES string of the molecule is C/C(C=O)=C\S(=O)(=O)ON(C)C(=O)c1ccc(C#Cc2ccccc2)cc1. The van der Waals surface area contributed by atoms with Gasteiger partial charge in [0, 0.05) is 29.3 Å². The Bertz CT molecular complexity index is 1010. The van der Waals surface area contributed by atoms with E-state index in [1.165, 1.54) is 26.1 Å². The zero-order chi connectivity index (χ0) is 19.9. The van der Waals surface area contributed by atoms with Crippen LogP contribution in [-0.4, -0.2) is 32.7 Å². The van der Waals surface area contributed by atoms with E-state index in [0.717, 1.165) is 5.56 Å². The highest BCUT2D eigenvalue weighted by atomic mass is 32.2. The van der Waals surface area contributed by atoms with Crippen LogP contribution >= 0.6 is 0 Å². The monoisotopic (exact) mass is 383 g/mol. The van der Waals surface area contributed by atoms with Gasteiger partial charge in [-0.15, -0.1) is 4.28 Å². The summed E-state index contributed by atoms with van der Waals surface area (Å²) in [5, 5.41) is 1.24. The Morgan fingerprint density at radius 1 is 1.00 bits per heavy atom. The minimum atomic E-state index is -4.20. The van der Waals surface area contributed by atoms with Crippen molar-refractivity contribution in [1.29, 1.82) is 0 Å². The second-order valence-corrected chi connectivity index (χ2v) is 6.91. The molecule has 0 spiro atoms. The van der Waals surface area contributed by atoms with Crippen LogP contribution in [0, 0.1) is 11.8 Å². The molecule has 2 aromatic carbocycles. The number of benzene rings is 2. The van der Waals surface area contributed by atoms with E-state index < -0.39 is 16.0 Å². The van der Waals surface area contributed by atoms with Crippen molar-refractivity contribution in [2.24, 2.45) is 0 Å². The number of allylic oxidation sites excluding steroid dienone is 1. The first-order valence-corrected chi connectivity index (χ1v) is 9.31. The molecule has 0 unspecified atom stereocenters. The van der Waals surface area contributed by atoms with Crippen LogP contribution in [0.4, 0.5) is 0 Å². The molecule has 0 atom stereocenters. The lowest BCUT2D eigenvalue weighted by atomic mass is 10.1. The summed E-state index contributed by atoms with van der Waals surface area (Å²) in [4.78, 5) is 22.8. The molecule has 6 nitrogen and oxygen atoms in total. The number of aldehydes is 1. The summed E-state index contributed by atoms with van der Waals surface area (Å²) in [7, 11) is -3.03. The Morgan fingerprint density at radius 2 is 1.56 bits per heavy atom. The molecule has 2 rings (SSSR count). The first kappa shape index (κ1) is 20.1. The maximum atomic E-state index is 12.3. The highest BCUT2D eigenvalue weighted by molar-refractivity contribution is 7.89. The minimum absolute atomic E-state index is 0.0443. The van der Waals surface area contributed by atoms with Gasteiger partial charge in [0.05, 0.1) is 5.41 Å². The van der Waals surface area contributed by atoms with Gasteiger partial charge in [0.1, 0.15) is 6.29 Å². The molecule has 0 aromatic heterocycles. The van der Waals surface area contributed by atoms with Gasteiger partial charge in [0.15, 0.2) is 0 Å². The molecular formula is C20H17NO5S. The molecule has 7 heteroatoms. The van der Waals surface area contributed by atoms with Crippen molar-refractivity contribution in [3.8, 4) is 11.8 Å². The molecule has 2 aromatic rings. The number of amides is 1. The van der Waals surface area contributed by atoms with Gasteiger partial charge in [-0.1, -0.05) is 30.0 Å². The maximum absolute atomic E-state index is 12.3. The van der Waals surface area contributed by atoms with Crippen molar-refractivity contribution < 1.29 is 22.3 Å². The van der Waals surface area contributed by atoms with Gasteiger partial charge in [0.25, 0.3) is 5.91 Å². The first-order chi connectivity index (χ1) is 12.8. The summed E-state index contributed by atoms with van der Waals surface area (Å²) in [5.41, 5.74) is 1.76. The van der Waals surface area contributed by atoms with Crippen molar-refractivity contribution >= 4 is 22.3 Å². The van der Waals surface area contributed by atoms with Gasteiger partial charge in [-0.2, -0.15) is 8.42 Å². The summed E-state index contributed by atoms with van der Waals surface area (Å²) >= 11 is 0. The van der Waals surface area contributed by atoms with E-state index in [1.807, 2.05) is 30.3 Å². The highest BCUT2D eigenvalue weighted by Crippen LogP contribution is 2.10. The molecule has 0 heterocycles. The van der Waals surface area contributed by atoms with Crippen LogP contribution in [0.3, 0.4) is 0 Å². The molecule has 0 aliphatic carbocycles. The van der Waals surface area contributed by atoms with Crippen LogP contribution < -0.4 is 0 Å². The Labute approximate surface area is 158 Å². The van der Waals surface area contributed by atoms with Crippen LogP contribution in [0.2, 0.25) is 0 Å². The highest BCUT2D eigenvalue weighted by Gasteiger charge is 2.19. The van der Waals surface area contributed by atoms with Crippen LogP contribution in [0.5, 0.6) is 0 Å². The van der Waals surface area contributed by atoms with Crippen molar-refractivity contribution in [3.63, 3.8) is 0 Å². The second-order valence-electron chi connectivity index (χ2n) is 5.54. The summed E-state index contributed by atoms with van der Waals surface area (Å²) in [5.74, 6) is 5.33. The molecule has 0 fully saturated rings. The van der Waals surface area contributed by atoms with E-state index >= 15 is 0 Å². The molecule has 1 amide bonds. The van der Waals surface area contributed by atoms with Gasteiger partial charge in [0.2, 0.25) is 0 Å². The fraction of sp³-hybridized carbons (Fsp3) is 0.100. The number of hydrogen-bond donors (Lipinski definition) is 0. The Morgan fingerprint density at radius 3 is 2.11 bits per heavy atom. The number of carbonyl (C=O) groups excluding carboxylic acids is 2. The van der Waals surface area contributed by atoms with Crippen LogP contribution in [0.25, 0.3) is 0 Å². The maximum Gasteiger partial charge on any atom is 0.311 e. The lowest BCUT2D eigenvalue weighted by Crippen LogP contribution is -2.29. The number of nitrogens with zero attached hydrogens (tertiary/aromatic N) is 1. The summed E-state index contributed by atoms with van der Waals surface area (Å²) in [6.45, 7) is 1.31. The number of hydroxylamine groups is 2. The molecular weight excluding hydrogens is 366 g/mol. The van der Waals surface area contributed by atoms with Crippen LogP contribution in [0.1, 0.15) is 28.4 Å². The Hall–Kier alpha value is -3.21. The molecule has 0 N–H and O–H groups in total. The molecule has 0 saturated carbocycles. The summed E-state index contributed by atoms with van der Waals surface area (Å²) in [6.07, 6.45) is 0.373. The number of rotatable bonds is 5. The summed E-state index contributed by atoms with van der Waals surface area (Å²) in [6, 6.07) is 15.8. The van der Waals surface area contributed by atoms with E-state index in [1.54, 1.807) is 12.1 Å². The number of carbonyl (C=O) groups is 2. The molecule has 0 radical (unpaired) electrons. The van der Waals surface area contributed by atoms with Crippen molar-refractivity contribution in [2.45, 2.75) is 6.92 Å². The third-order valence-corrected chi connectivity index (χ3v) is 4.37. The molecule has 0 aliphatic rings. The fourth-order valence-electron chi connectivity index (χ4n) is 2.01. The molecule has 0 aliphatic heterocycles. The van der Waals surface area contributed by atoms with Gasteiger partial charge in [-0.25, -0.2) is 5.06 Å². The first-order valence-electron chi connectivity index (χ1n) is 7.84. The third kappa shape index (κ3) is 6.22. The normalized spacial score (nSPS) is 11.3. The molecule has 0 saturated heterocycles. The van der Waals surface area contributed by atoms with Gasteiger partial charge in [-0.05, 0) is 43.3 Å². The zero-order valence-corrected chi connectivity index (χ0v) is 15.6. The number of hydrogen-bond acceptors (Lipinski definition) is 5. The minimum Gasteiger partial charge on any atom is -0.298 e.